The van der Waals surface area contributed by atoms with E-state index in [9.17, 15) is 19.6 Å². The van der Waals surface area contributed by atoms with E-state index in [1.165, 1.54) is 11.8 Å². The summed E-state index contributed by atoms with van der Waals surface area (Å²) in [6.07, 6.45) is 5.53. The van der Waals surface area contributed by atoms with Crippen molar-refractivity contribution in [2.45, 2.75) is 59.4 Å². The van der Waals surface area contributed by atoms with Crippen LogP contribution < -0.4 is 10.5 Å². The number of nitriles is 1. The third kappa shape index (κ3) is 6.74. The lowest BCUT2D eigenvalue weighted by Gasteiger charge is -2.36. The van der Waals surface area contributed by atoms with Gasteiger partial charge in [0.25, 0.3) is 11.5 Å². The van der Waals surface area contributed by atoms with Crippen molar-refractivity contribution in [2.75, 3.05) is 31.1 Å². The van der Waals surface area contributed by atoms with Gasteiger partial charge >= 0.3 is 5.97 Å². The van der Waals surface area contributed by atoms with Gasteiger partial charge in [-0.25, -0.2) is 0 Å². The zero-order chi connectivity index (χ0) is 29.5. The fourth-order valence-corrected chi connectivity index (χ4v) is 6.63. The number of hydrogen-bond acceptors (Lipinski definition) is 8. The Morgan fingerprint density at radius 3 is 2.66 bits per heavy atom. The predicted molar refractivity (Wildman–Crippen MR) is 167 cm³/mol. The number of amides is 1. The van der Waals surface area contributed by atoms with Crippen LogP contribution in [0.3, 0.4) is 0 Å². The summed E-state index contributed by atoms with van der Waals surface area (Å²) in [5, 5.41) is 9.96. The molecule has 0 spiro atoms. The number of piperidine rings is 1. The number of rotatable bonds is 10. The van der Waals surface area contributed by atoms with Gasteiger partial charge in [-0.15, -0.1) is 0 Å². The van der Waals surface area contributed by atoms with Crippen molar-refractivity contribution < 1.29 is 14.3 Å². The summed E-state index contributed by atoms with van der Waals surface area (Å²) in [5.74, 6) is -0.109. The second-order valence-corrected chi connectivity index (χ2v) is 11.9. The van der Waals surface area contributed by atoms with Gasteiger partial charge in [0.1, 0.15) is 21.8 Å². The number of ether oxygens (including phenoxy) is 1. The van der Waals surface area contributed by atoms with E-state index in [2.05, 4.69) is 11.0 Å². The highest BCUT2D eigenvalue weighted by atomic mass is 32.2. The molecule has 4 rings (SSSR count). The number of esters is 1. The van der Waals surface area contributed by atoms with Crippen molar-refractivity contribution in [3.05, 3.63) is 67.8 Å². The Morgan fingerprint density at radius 2 is 1.98 bits per heavy atom. The van der Waals surface area contributed by atoms with Crippen molar-refractivity contribution in [2.24, 2.45) is 5.92 Å². The van der Waals surface area contributed by atoms with E-state index in [0.29, 0.717) is 71.8 Å². The highest BCUT2D eigenvalue weighted by Gasteiger charge is 2.34. The molecule has 2 aliphatic rings. The number of nitrogens with zero attached hydrogens (tertiary/aromatic N) is 4. The number of anilines is 1. The summed E-state index contributed by atoms with van der Waals surface area (Å²) in [7, 11) is 0. The van der Waals surface area contributed by atoms with Gasteiger partial charge in [-0.2, -0.15) is 5.26 Å². The third-order valence-corrected chi connectivity index (χ3v) is 8.92. The van der Waals surface area contributed by atoms with Crippen molar-refractivity contribution >= 4 is 52.1 Å². The predicted octanol–water partition coefficient (Wildman–Crippen LogP) is 5.05. The molecule has 0 saturated carbocycles. The second kappa shape index (κ2) is 14.0. The summed E-state index contributed by atoms with van der Waals surface area (Å²) in [5.41, 5.74) is 2.00. The smallest absolute Gasteiger partial charge is 0.310 e. The summed E-state index contributed by atoms with van der Waals surface area (Å²) in [6.45, 7) is 7.83. The fraction of sp³-hybridized carbons (Fsp3) is 0.452. The molecule has 10 heteroatoms. The summed E-state index contributed by atoms with van der Waals surface area (Å²) in [4.78, 5) is 44.0. The summed E-state index contributed by atoms with van der Waals surface area (Å²) in [6, 6.07) is 12.0. The maximum atomic E-state index is 13.6. The van der Waals surface area contributed by atoms with Crippen LogP contribution in [0.2, 0.25) is 0 Å². The number of unbranched alkanes of at least 4 members (excludes halogenated alkanes) is 1. The van der Waals surface area contributed by atoms with Crippen LogP contribution in [0, 0.1) is 24.2 Å². The Kier molecular flexibility index (Phi) is 10.4. The molecule has 1 aromatic carbocycles. The average Bonchev–Trinajstić information content (AvgIpc) is 3.24. The molecule has 0 N–H and O–H groups in total. The van der Waals surface area contributed by atoms with Gasteiger partial charge in [-0.3, -0.25) is 23.9 Å². The molecule has 0 radical (unpaired) electrons. The normalized spacial score (nSPS) is 18.2. The van der Waals surface area contributed by atoms with Crippen LogP contribution in [-0.2, 0) is 27.3 Å². The number of benzene rings is 1. The SMILES string of the molecule is CCCCn1c(N2CCCC(C(=O)OCC)C2)c(/C=C2\SC(=S)N(CCc3ccccc3)C2=O)c(C)c(C#N)c1=O. The molecule has 216 valence electrons. The zero-order valence-corrected chi connectivity index (χ0v) is 25.5. The highest BCUT2D eigenvalue weighted by molar-refractivity contribution is 8.26. The van der Waals surface area contributed by atoms with Crippen molar-refractivity contribution in [1.82, 2.24) is 9.47 Å². The van der Waals surface area contributed by atoms with Crippen molar-refractivity contribution in [3.63, 3.8) is 0 Å². The molecule has 1 atom stereocenters. The molecule has 0 aliphatic carbocycles. The number of carbonyl (C=O) groups is 2. The molecule has 41 heavy (non-hydrogen) atoms. The van der Waals surface area contributed by atoms with Gasteiger partial charge in [-0.05, 0) is 56.7 Å². The lowest BCUT2D eigenvalue weighted by Crippen LogP contribution is -2.43. The molecule has 0 bridgehead atoms. The fourth-order valence-electron chi connectivity index (χ4n) is 5.34. The van der Waals surface area contributed by atoms with Gasteiger partial charge in [0.2, 0.25) is 0 Å². The third-order valence-electron chi connectivity index (χ3n) is 7.54. The first-order chi connectivity index (χ1) is 19.8. The number of aromatic nitrogens is 1. The molecule has 1 aromatic heterocycles. The van der Waals surface area contributed by atoms with Crippen LogP contribution in [0.5, 0.6) is 0 Å². The van der Waals surface area contributed by atoms with Gasteiger partial charge in [0.05, 0.1) is 17.4 Å². The first-order valence-electron chi connectivity index (χ1n) is 14.2. The number of carbonyl (C=O) groups excluding carboxylic acids is 2. The molecule has 2 saturated heterocycles. The van der Waals surface area contributed by atoms with Crippen LogP contribution >= 0.6 is 24.0 Å². The van der Waals surface area contributed by atoms with Crippen molar-refractivity contribution in [3.8, 4) is 6.07 Å². The lowest BCUT2D eigenvalue weighted by molar-refractivity contribution is -0.148. The maximum Gasteiger partial charge on any atom is 0.310 e. The largest absolute Gasteiger partial charge is 0.466 e. The molecular weight excluding hydrogens is 556 g/mol. The Hall–Kier alpha value is -3.42. The standard InChI is InChI=1S/C31H36N4O4S2/c1-4-6-16-34-27(33-15-10-13-23(20-33)30(38)39-5-2)24(21(3)25(19-32)28(34)36)18-26-29(37)35(31(40)41-26)17-14-22-11-8-7-9-12-22/h7-9,11-12,18,23H,4-6,10,13-17,20H2,1-3H3/b26-18-. The molecule has 2 aliphatic heterocycles. The van der Waals surface area contributed by atoms with Crippen LogP contribution in [0.1, 0.15) is 61.8 Å². The van der Waals surface area contributed by atoms with E-state index in [0.717, 1.165) is 24.8 Å². The summed E-state index contributed by atoms with van der Waals surface area (Å²) < 4.78 is 7.46. The van der Waals surface area contributed by atoms with Gasteiger partial charge in [0.15, 0.2) is 0 Å². The quantitative estimate of drug-likeness (QED) is 0.215. The lowest BCUT2D eigenvalue weighted by atomic mass is 9.96. The molecule has 3 heterocycles. The molecule has 2 aromatic rings. The molecule has 1 unspecified atom stereocenters. The molecule has 1 amide bonds. The first kappa shape index (κ1) is 30.5. The van der Waals surface area contributed by atoms with Crippen LogP contribution in [0.15, 0.2) is 40.0 Å². The van der Waals surface area contributed by atoms with E-state index in [-0.39, 0.29) is 28.9 Å². The topological polar surface area (TPSA) is 95.6 Å². The zero-order valence-electron chi connectivity index (χ0n) is 23.9. The van der Waals surface area contributed by atoms with Crippen LogP contribution in [0.25, 0.3) is 6.08 Å². The first-order valence-corrected chi connectivity index (χ1v) is 15.4. The van der Waals surface area contributed by atoms with E-state index in [1.54, 1.807) is 29.4 Å². The van der Waals surface area contributed by atoms with E-state index in [1.807, 2.05) is 37.3 Å². The van der Waals surface area contributed by atoms with Crippen LogP contribution in [0.4, 0.5) is 5.82 Å². The minimum absolute atomic E-state index is 0.0645. The van der Waals surface area contributed by atoms with Gasteiger partial charge in [-0.1, -0.05) is 67.7 Å². The Bertz CT molecular complexity index is 1440. The average molecular weight is 593 g/mol. The maximum absolute atomic E-state index is 13.6. The van der Waals surface area contributed by atoms with Gasteiger partial charge in [0, 0.05) is 31.7 Å². The number of thioether (sulfide) groups is 1. The number of thiocarbonyl (C=S) groups is 1. The number of pyridine rings is 1. The summed E-state index contributed by atoms with van der Waals surface area (Å²) >= 11 is 6.83. The molecule has 2 fully saturated rings. The minimum atomic E-state index is -0.348. The second-order valence-electron chi connectivity index (χ2n) is 10.3. The molecule has 8 nitrogen and oxygen atoms in total. The van der Waals surface area contributed by atoms with Gasteiger partial charge < -0.3 is 9.64 Å². The monoisotopic (exact) mass is 592 g/mol. The molecular formula is C31H36N4O4S2. The van der Waals surface area contributed by atoms with E-state index >= 15 is 0 Å². The van der Waals surface area contributed by atoms with Crippen LogP contribution in [-0.4, -0.2) is 51.9 Å². The Labute approximate surface area is 251 Å². The van der Waals surface area contributed by atoms with E-state index in [4.69, 9.17) is 17.0 Å². The van der Waals surface area contributed by atoms with E-state index < -0.39 is 0 Å². The Balaban J connectivity index is 1.77. The Morgan fingerprint density at radius 1 is 1.22 bits per heavy atom. The minimum Gasteiger partial charge on any atom is -0.466 e. The number of hydrogen-bond donors (Lipinski definition) is 0. The van der Waals surface area contributed by atoms with Crippen molar-refractivity contribution in [1.29, 1.82) is 5.26 Å². The highest BCUT2D eigenvalue weighted by Crippen LogP contribution is 2.37.